The Morgan fingerprint density at radius 2 is 2.18 bits per heavy atom. The SMILES string of the molecule is Cc1ccc(Br)c(C(=O)NC2CCCC2Br)c1. The van der Waals surface area contributed by atoms with Gasteiger partial charge in [0.1, 0.15) is 0 Å². The van der Waals surface area contributed by atoms with Crippen molar-refractivity contribution in [1.29, 1.82) is 0 Å². The van der Waals surface area contributed by atoms with Crippen molar-refractivity contribution >= 4 is 37.8 Å². The molecule has 2 atom stereocenters. The molecule has 0 aromatic heterocycles. The molecule has 1 aromatic rings. The van der Waals surface area contributed by atoms with Gasteiger partial charge in [0, 0.05) is 15.3 Å². The second kappa shape index (κ2) is 5.53. The van der Waals surface area contributed by atoms with Crippen molar-refractivity contribution in [3.63, 3.8) is 0 Å². The molecule has 0 saturated heterocycles. The fraction of sp³-hybridized carbons (Fsp3) is 0.462. The van der Waals surface area contributed by atoms with Crippen LogP contribution < -0.4 is 5.32 Å². The maximum atomic E-state index is 12.2. The van der Waals surface area contributed by atoms with Crippen LogP contribution in [0, 0.1) is 6.92 Å². The molecule has 0 bridgehead atoms. The Kier molecular flexibility index (Phi) is 4.26. The topological polar surface area (TPSA) is 29.1 Å². The van der Waals surface area contributed by atoms with Gasteiger partial charge in [0.05, 0.1) is 5.56 Å². The minimum absolute atomic E-state index is 0.0110. The van der Waals surface area contributed by atoms with Gasteiger partial charge in [-0.2, -0.15) is 0 Å². The molecule has 0 radical (unpaired) electrons. The summed E-state index contributed by atoms with van der Waals surface area (Å²) in [5.41, 5.74) is 1.82. The van der Waals surface area contributed by atoms with Gasteiger partial charge in [-0.05, 0) is 47.8 Å². The van der Waals surface area contributed by atoms with Crippen LogP contribution >= 0.6 is 31.9 Å². The fourth-order valence-corrected chi connectivity index (χ4v) is 3.28. The van der Waals surface area contributed by atoms with Crippen molar-refractivity contribution in [2.45, 2.75) is 37.1 Å². The number of aryl methyl sites for hydroxylation is 1. The van der Waals surface area contributed by atoms with Crippen LogP contribution in [0.2, 0.25) is 0 Å². The Morgan fingerprint density at radius 3 is 2.82 bits per heavy atom. The van der Waals surface area contributed by atoms with Crippen LogP contribution in [-0.4, -0.2) is 16.8 Å². The van der Waals surface area contributed by atoms with Crippen LogP contribution in [0.3, 0.4) is 0 Å². The number of hydrogen-bond donors (Lipinski definition) is 1. The van der Waals surface area contributed by atoms with Crippen LogP contribution in [0.15, 0.2) is 22.7 Å². The first-order chi connectivity index (χ1) is 8.08. The van der Waals surface area contributed by atoms with E-state index >= 15 is 0 Å². The highest BCUT2D eigenvalue weighted by molar-refractivity contribution is 9.10. The summed E-state index contributed by atoms with van der Waals surface area (Å²) in [5, 5.41) is 3.10. The summed E-state index contributed by atoms with van der Waals surface area (Å²) < 4.78 is 0.852. The van der Waals surface area contributed by atoms with Crippen molar-refractivity contribution in [3.8, 4) is 0 Å². The van der Waals surface area contributed by atoms with Gasteiger partial charge >= 0.3 is 0 Å². The molecular weight excluding hydrogens is 346 g/mol. The Bertz CT molecular complexity index is 433. The lowest BCUT2D eigenvalue weighted by atomic mass is 10.1. The average molecular weight is 361 g/mol. The van der Waals surface area contributed by atoms with E-state index in [1.807, 2.05) is 25.1 Å². The Labute approximate surface area is 118 Å². The van der Waals surface area contributed by atoms with E-state index in [-0.39, 0.29) is 11.9 Å². The van der Waals surface area contributed by atoms with Gasteiger partial charge in [0.25, 0.3) is 5.91 Å². The third-order valence-corrected chi connectivity index (χ3v) is 4.90. The molecule has 0 spiro atoms. The van der Waals surface area contributed by atoms with Crippen LogP contribution in [0.5, 0.6) is 0 Å². The summed E-state index contributed by atoms with van der Waals surface area (Å²) in [4.78, 5) is 12.6. The van der Waals surface area contributed by atoms with Gasteiger partial charge in [0.2, 0.25) is 0 Å². The zero-order valence-electron chi connectivity index (χ0n) is 9.67. The predicted molar refractivity (Wildman–Crippen MR) is 76.7 cm³/mol. The van der Waals surface area contributed by atoms with Crippen molar-refractivity contribution in [2.75, 3.05) is 0 Å². The Balaban J connectivity index is 2.11. The van der Waals surface area contributed by atoms with Crippen molar-refractivity contribution in [3.05, 3.63) is 33.8 Å². The lowest BCUT2D eigenvalue weighted by molar-refractivity contribution is 0.0938. The maximum absolute atomic E-state index is 12.2. The number of alkyl halides is 1. The molecule has 2 nitrogen and oxygen atoms in total. The quantitative estimate of drug-likeness (QED) is 0.798. The summed E-state index contributed by atoms with van der Waals surface area (Å²) in [6.07, 6.45) is 3.38. The van der Waals surface area contributed by atoms with Gasteiger partial charge in [-0.3, -0.25) is 4.79 Å². The van der Waals surface area contributed by atoms with E-state index in [9.17, 15) is 4.79 Å². The highest BCUT2D eigenvalue weighted by atomic mass is 79.9. The summed E-state index contributed by atoms with van der Waals surface area (Å²) in [6.45, 7) is 1.99. The van der Waals surface area contributed by atoms with E-state index in [2.05, 4.69) is 37.2 Å². The molecule has 2 unspecified atom stereocenters. The Morgan fingerprint density at radius 1 is 1.41 bits per heavy atom. The molecule has 2 rings (SSSR count). The number of benzene rings is 1. The average Bonchev–Trinajstić information content (AvgIpc) is 2.68. The minimum atomic E-state index is 0.0110. The van der Waals surface area contributed by atoms with Crippen molar-refractivity contribution in [1.82, 2.24) is 5.32 Å². The first kappa shape index (κ1) is 13.1. The van der Waals surface area contributed by atoms with E-state index < -0.39 is 0 Å². The highest BCUT2D eigenvalue weighted by Gasteiger charge is 2.26. The lowest BCUT2D eigenvalue weighted by Crippen LogP contribution is -2.37. The second-order valence-electron chi connectivity index (χ2n) is 4.51. The van der Waals surface area contributed by atoms with Crippen LogP contribution in [-0.2, 0) is 0 Å². The largest absolute Gasteiger partial charge is 0.348 e. The number of carbonyl (C=O) groups is 1. The standard InChI is InChI=1S/C13H15Br2NO/c1-8-5-6-10(14)9(7-8)13(17)16-12-4-2-3-11(12)15/h5-7,11-12H,2-4H2,1H3,(H,16,17). The molecule has 1 fully saturated rings. The zero-order chi connectivity index (χ0) is 12.4. The number of rotatable bonds is 2. The van der Waals surface area contributed by atoms with Gasteiger partial charge < -0.3 is 5.32 Å². The smallest absolute Gasteiger partial charge is 0.252 e. The number of carbonyl (C=O) groups excluding carboxylic acids is 1. The molecule has 0 aliphatic heterocycles. The molecule has 1 N–H and O–H groups in total. The van der Waals surface area contributed by atoms with E-state index in [0.29, 0.717) is 4.83 Å². The number of nitrogens with one attached hydrogen (secondary N) is 1. The molecular formula is C13H15Br2NO. The zero-order valence-corrected chi connectivity index (χ0v) is 12.8. The van der Waals surface area contributed by atoms with Gasteiger partial charge in [-0.15, -0.1) is 0 Å². The van der Waals surface area contributed by atoms with Crippen LogP contribution in [0.25, 0.3) is 0 Å². The molecule has 1 saturated carbocycles. The van der Waals surface area contributed by atoms with Crippen LogP contribution in [0.4, 0.5) is 0 Å². The monoisotopic (exact) mass is 359 g/mol. The maximum Gasteiger partial charge on any atom is 0.252 e. The molecule has 17 heavy (non-hydrogen) atoms. The first-order valence-electron chi connectivity index (χ1n) is 5.79. The van der Waals surface area contributed by atoms with E-state index in [4.69, 9.17) is 0 Å². The molecule has 1 amide bonds. The summed E-state index contributed by atoms with van der Waals surface area (Å²) in [7, 11) is 0. The molecule has 1 aliphatic carbocycles. The second-order valence-corrected chi connectivity index (χ2v) is 6.54. The number of amides is 1. The Hall–Kier alpha value is -0.350. The molecule has 1 aromatic carbocycles. The fourth-order valence-electron chi connectivity index (χ4n) is 2.14. The lowest BCUT2D eigenvalue weighted by Gasteiger charge is -2.16. The van der Waals surface area contributed by atoms with E-state index in [0.717, 1.165) is 28.4 Å². The molecule has 1 aliphatic rings. The number of halogens is 2. The summed E-state index contributed by atoms with van der Waals surface area (Å²) in [6, 6.07) is 6.08. The van der Waals surface area contributed by atoms with Crippen LogP contribution in [0.1, 0.15) is 35.2 Å². The van der Waals surface area contributed by atoms with Gasteiger partial charge in [0.15, 0.2) is 0 Å². The predicted octanol–water partition coefficient (Wildman–Crippen LogP) is 3.80. The van der Waals surface area contributed by atoms with Crippen molar-refractivity contribution < 1.29 is 4.79 Å². The van der Waals surface area contributed by atoms with Gasteiger partial charge in [-0.1, -0.05) is 34.0 Å². The molecule has 4 heteroatoms. The highest BCUT2D eigenvalue weighted by Crippen LogP contribution is 2.26. The number of hydrogen-bond acceptors (Lipinski definition) is 1. The first-order valence-corrected chi connectivity index (χ1v) is 7.50. The summed E-state index contributed by atoms with van der Waals surface area (Å²) in [5.74, 6) is 0.0110. The molecule has 92 valence electrons. The molecule has 0 heterocycles. The van der Waals surface area contributed by atoms with E-state index in [1.165, 1.54) is 6.42 Å². The third kappa shape index (κ3) is 3.10. The normalized spacial score (nSPS) is 23.7. The van der Waals surface area contributed by atoms with Gasteiger partial charge in [-0.25, -0.2) is 0 Å². The minimum Gasteiger partial charge on any atom is -0.348 e. The van der Waals surface area contributed by atoms with E-state index in [1.54, 1.807) is 0 Å². The third-order valence-electron chi connectivity index (χ3n) is 3.11. The van der Waals surface area contributed by atoms with Crippen molar-refractivity contribution in [2.24, 2.45) is 0 Å². The summed E-state index contributed by atoms with van der Waals surface area (Å²) >= 11 is 7.04.